The van der Waals surface area contributed by atoms with Crippen molar-refractivity contribution in [1.29, 1.82) is 0 Å². The maximum atomic E-state index is 4.63. The molecule has 0 aromatic carbocycles. The van der Waals surface area contributed by atoms with E-state index in [0.717, 1.165) is 61.4 Å². The molecule has 6 aromatic rings. The van der Waals surface area contributed by atoms with Gasteiger partial charge in [-0.1, -0.05) is 0 Å². The molecule has 0 radical (unpaired) electrons. The Morgan fingerprint density at radius 1 is 0.875 bits per heavy atom. The molecule has 6 heterocycles. The SMILES string of the molecule is CN(C)c1cncc(-c2cc3c(-c4cc5c(-c6ccsc6)nccc5[nH]4)n[nH]c3cn2)c1. The maximum absolute atomic E-state index is 4.63. The summed E-state index contributed by atoms with van der Waals surface area (Å²) in [5.41, 5.74) is 8.65. The number of hydrogen-bond acceptors (Lipinski definition) is 6. The minimum atomic E-state index is 0.854. The Morgan fingerprint density at radius 3 is 2.62 bits per heavy atom. The lowest BCUT2D eigenvalue weighted by atomic mass is 10.1. The molecule has 8 heteroatoms. The largest absolute Gasteiger partial charge is 0.376 e. The van der Waals surface area contributed by atoms with Gasteiger partial charge in [0.15, 0.2) is 0 Å². The number of fused-ring (bicyclic) bond motifs is 2. The predicted octanol–water partition coefficient (Wildman–Crippen LogP) is 5.36. The van der Waals surface area contributed by atoms with E-state index in [1.165, 1.54) is 0 Å². The van der Waals surface area contributed by atoms with Crippen molar-refractivity contribution in [1.82, 2.24) is 30.1 Å². The van der Waals surface area contributed by atoms with E-state index in [2.05, 4.69) is 65.2 Å². The van der Waals surface area contributed by atoms with Crippen molar-refractivity contribution in [2.75, 3.05) is 19.0 Å². The number of rotatable bonds is 4. The summed E-state index contributed by atoms with van der Waals surface area (Å²) in [6, 6.07) is 10.4. The fourth-order valence-corrected chi connectivity index (χ4v) is 4.54. The summed E-state index contributed by atoms with van der Waals surface area (Å²) in [5, 5.41) is 14.0. The molecule has 0 aliphatic carbocycles. The van der Waals surface area contributed by atoms with Gasteiger partial charge in [-0.2, -0.15) is 16.4 Å². The molecule has 0 atom stereocenters. The van der Waals surface area contributed by atoms with Gasteiger partial charge in [-0.15, -0.1) is 0 Å². The van der Waals surface area contributed by atoms with Crippen LogP contribution in [0.15, 0.2) is 65.9 Å². The van der Waals surface area contributed by atoms with Crippen LogP contribution >= 0.6 is 11.3 Å². The Bertz CT molecular complexity index is 1560. The topological polar surface area (TPSA) is 86.4 Å². The van der Waals surface area contributed by atoms with E-state index in [1.54, 1.807) is 11.3 Å². The highest BCUT2D eigenvalue weighted by atomic mass is 32.1. The van der Waals surface area contributed by atoms with Gasteiger partial charge in [-0.25, -0.2) is 0 Å². The van der Waals surface area contributed by atoms with Gasteiger partial charge in [0.1, 0.15) is 5.69 Å². The van der Waals surface area contributed by atoms with Gasteiger partial charge < -0.3 is 9.88 Å². The fraction of sp³-hybridized carbons (Fsp3) is 0.0833. The number of aromatic amines is 2. The monoisotopic (exact) mass is 437 g/mol. The Balaban J connectivity index is 1.49. The summed E-state index contributed by atoms with van der Waals surface area (Å²) >= 11 is 1.67. The zero-order chi connectivity index (χ0) is 21.7. The van der Waals surface area contributed by atoms with Crippen molar-refractivity contribution in [3.8, 4) is 33.9 Å². The van der Waals surface area contributed by atoms with E-state index in [9.17, 15) is 0 Å². The van der Waals surface area contributed by atoms with Crippen LogP contribution < -0.4 is 4.90 Å². The molecule has 0 aliphatic heterocycles. The van der Waals surface area contributed by atoms with Crippen molar-refractivity contribution in [3.05, 3.63) is 65.9 Å². The van der Waals surface area contributed by atoms with Crippen LogP contribution in [0.3, 0.4) is 0 Å². The van der Waals surface area contributed by atoms with Crippen molar-refractivity contribution >= 4 is 38.8 Å². The lowest BCUT2D eigenvalue weighted by Crippen LogP contribution is -2.08. The van der Waals surface area contributed by atoms with E-state index in [-0.39, 0.29) is 0 Å². The highest BCUT2D eigenvalue weighted by Crippen LogP contribution is 2.34. The van der Waals surface area contributed by atoms with Crippen LogP contribution in [0.5, 0.6) is 0 Å². The first-order chi connectivity index (χ1) is 15.7. The van der Waals surface area contributed by atoms with E-state index in [1.807, 2.05) is 49.8 Å². The van der Waals surface area contributed by atoms with E-state index < -0.39 is 0 Å². The molecule has 0 unspecified atom stereocenters. The number of nitrogens with one attached hydrogen (secondary N) is 2. The van der Waals surface area contributed by atoms with Gasteiger partial charge in [0.2, 0.25) is 0 Å². The summed E-state index contributed by atoms with van der Waals surface area (Å²) in [5.74, 6) is 0. The summed E-state index contributed by atoms with van der Waals surface area (Å²) in [4.78, 5) is 19.2. The molecule has 156 valence electrons. The molecule has 32 heavy (non-hydrogen) atoms. The van der Waals surface area contributed by atoms with Gasteiger partial charge in [0.05, 0.1) is 40.7 Å². The van der Waals surface area contributed by atoms with Gasteiger partial charge in [-0.05, 0) is 35.7 Å². The van der Waals surface area contributed by atoms with Crippen LogP contribution in [0.25, 0.3) is 55.7 Å². The number of H-pyrrole nitrogens is 2. The molecule has 6 rings (SSSR count). The third-order valence-corrected chi connectivity index (χ3v) is 6.26. The van der Waals surface area contributed by atoms with Crippen molar-refractivity contribution in [3.63, 3.8) is 0 Å². The van der Waals surface area contributed by atoms with E-state index in [4.69, 9.17) is 0 Å². The first-order valence-electron chi connectivity index (χ1n) is 10.1. The number of pyridine rings is 3. The fourth-order valence-electron chi connectivity index (χ4n) is 3.90. The van der Waals surface area contributed by atoms with E-state index >= 15 is 0 Å². The van der Waals surface area contributed by atoms with Gasteiger partial charge in [0, 0.05) is 59.3 Å². The molecule has 0 amide bonds. The third kappa shape index (κ3) is 3.04. The number of aromatic nitrogens is 6. The molecule has 0 fully saturated rings. The Morgan fingerprint density at radius 2 is 1.78 bits per heavy atom. The molecule has 7 nitrogen and oxygen atoms in total. The van der Waals surface area contributed by atoms with Gasteiger partial charge in [0.25, 0.3) is 0 Å². The van der Waals surface area contributed by atoms with Crippen molar-refractivity contribution < 1.29 is 0 Å². The van der Waals surface area contributed by atoms with Crippen LogP contribution in [-0.4, -0.2) is 44.2 Å². The Kier molecular flexibility index (Phi) is 4.26. The van der Waals surface area contributed by atoms with Crippen molar-refractivity contribution in [2.24, 2.45) is 0 Å². The average molecular weight is 438 g/mol. The summed E-state index contributed by atoms with van der Waals surface area (Å²) in [7, 11) is 4.00. The molecule has 2 N–H and O–H groups in total. The van der Waals surface area contributed by atoms with Crippen LogP contribution in [0.1, 0.15) is 0 Å². The van der Waals surface area contributed by atoms with Gasteiger partial charge >= 0.3 is 0 Å². The number of nitrogens with zero attached hydrogens (tertiary/aromatic N) is 5. The number of thiophene rings is 1. The predicted molar refractivity (Wildman–Crippen MR) is 130 cm³/mol. The summed E-state index contributed by atoms with van der Waals surface area (Å²) in [6.07, 6.45) is 7.34. The third-order valence-electron chi connectivity index (χ3n) is 5.58. The molecule has 0 spiro atoms. The molecule has 0 aliphatic rings. The van der Waals surface area contributed by atoms with Crippen LogP contribution in [0.4, 0.5) is 5.69 Å². The second-order valence-corrected chi connectivity index (χ2v) is 8.61. The van der Waals surface area contributed by atoms with Crippen molar-refractivity contribution in [2.45, 2.75) is 0 Å². The second-order valence-electron chi connectivity index (χ2n) is 7.83. The Labute approximate surface area is 187 Å². The van der Waals surface area contributed by atoms with Crippen LogP contribution in [-0.2, 0) is 0 Å². The summed E-state index contributed by atoms with van der Waals surface area (Å²) in [6.45, 7) is 0. The lowest BCUT2D eigenvalue weighted by Gasteiger charge is -2.12. The van der Waals surface area contributed by atoms with Crippen LogP contribution in [0, 0.1) is 0 Å². The number of anilines is 1. The summed E-state index contributed by atoms with van der Waals surface area (Å²) < 4.78 is 0. The molecule has 0 saturated heterocycles. The van der Waals surface area contributed by atoms with Crippen LogP contribution in [0.2, 0.25) is 0 Å². The normalized spacial score (nSPS) is 11.4. The molecule has 0 bridgehead atoms. The first-order valence-corrected chi connectivity index (χ1v) is 11.1. The highest BCUT2D eigenvalue weighted by molar-refractivity contribution is 7.08. The molecular formula is C24H19N7S. The lowest BCUT2D eigenvalue weighted by molar-refractivity contribution is 1.11. The second kappa shape index (κ2) is 7.28. The quantitative estimate of drug-likeness (QED) is 0.388. The average Bonchev–Trinajstić information content (AvgIpc) is 3.57. The smallest absolute Gasteiger partial charge is 0.116 e. The molecular weight excluding hydrogens is 418 g/mol. The maximum Gasteiger partial charge on any atom is 0.116 e. The molecule has 0 saturated carbocycles. The first kappa shape index (κ1) is 18.7. The zero-order valence-corrected chi connectivity index (χ0v) is 18.3. The van der Waals surface area contributed by atoms with E-state index in [0.29, 0.717) is 0 Å². The standard InChI is InChI=1S/C24H19N7S/c1-31(2)16-7-15(10-25-11-16)20-8-18-22(12-27-20)29-30-24(18)21-9-17-19(28-21)3-5-26-23(17)14-4-6-32-13-14/h3-13,28H,1-2H3,(H,29,30). The number of hydrogen-bond donors (Lipinski definition) is 2. The minimum absolute atomic E-state index is 0.854. The zero-order valence-electron chi connectivity index (χ0n) is 17.5. The van der Waals surface area contributed by atoms with Gasteiger partial charge in [-0.3, -0.25) is 20.1 Å². The minimum Gasteiger partial charge on any atom is -0.376 e. The molecule has 6 aromatic heterocycles. The highest BCUT2D eigenvalue weighted by Gasteiger charge is 2.15. The Hall–Kier alpha value is -4.04.